The van der Waals surface area contributed by atoms with E-state index in [-0.39, 0.29) is 25.2 Å². The number of carbonyl (C=O) groups is 1. The molecule has 10 heteroatoms. The van der Waals surface area contributed by atoms with Crippen LogP contribution in [-0.4, -0.2) is 33.8 Å². The largest absolute Gasteiger partial charge is 0.435 e. The first-order valence-corrected chi connectivity index (χ1v) is 11.4. The highest BCUT2D eigenvalue weighted by molar-refractivity contribution is 7.12. The van der Waals surface area contributed by atoms with Crippen LogP contribution in [-0.2, 0) is 24.1 Å². The van der Waals surface area contributed by atoms with Gasteiger partial charge in [0.1, 0.15) is 17.6 Å². The van der Waals surface area contributed by atoms with Gasteiger partial charge in [0.15, 0.2) is 5.69 Å². The molecule has 3 heterocycles. The maximum atomic E-state index is 13.8. The van der Waals surface area contributed by atoms with Crippen molar-refractivity contribution in [2.24, 2.45) is 0 Å². The molecular formula is C24H20F4N4OS. The second-order valence-electron chi connectivity index (χ2n) is 7.76. The molecule has 0 unspecified atom stereocenters. The van der Waals surface area contributed by atoms with Gasteiger partial charge < -0.3 is 4.90 Å². The Morgan fingerprint density at radius 1 is 1.29 bits per heavy atom. The van der Waals surface area contributed by atoms with E-state index in [1.807, 2.05) is 0 Å². The van der Waals surface area contributed by atoms with Crippen molar-refractivity contribution < 1.29 is 22.4 Å². The molecule has 0 saturated carbocycles. The van der Waals surface area contributed by atoms with Crippen LogP contribution in [0.2, 0.25) is 0 Å². The van der Waals surface area contributed by atoms with Gasteiger partial charge in [-0.25, -0.2) is 4.39 Å². The molecule has 0 fully saturated rings. The van der Waals surface area contributed by atoms with Crippen molar-refractivity contribution in [2.75, 3.05) is 13.2 Å². The molecule has 2 aromatic heterocycles. The number of thiophene rings is 1. The first-order chi connectivity index (χ1) is 16.3. The zero-order chi connectivity index (χ0) is 24.5. The summed E-state index contributed by atoms with van der Waals surface area (Å²) in [4.78, 5) is 15.4. The van der Waals surface area contributed by atoms with Gasteiger partial charge in [0.05, 0.1) is 6.54 Å². The van der Waals surface area contributed by atoms with Crippen LogP contribution < -0.4 is 0 Å². The fourth-order valence-electron chi connectivity index (χ4n) is 4.19. The monoisotopic (exact) mass is 488 g/mol. The van der Waals surface area contributed by atoms with E-state index in [4.69, 9.17) is 0 Å². The lowest BCUT2D eigenvalue weighted by Gasteiger charge is -2.33. The molecule has 0 N–H and O–H groups in total. The Morgan fingerprint density at radius 3 is 2.74 bits per heavy atom. The number of nitrogens with zero attached hydrogens (tertiary/aromatic N) is 4. The highest BCUT2D eigenvalue weighted by Gasteiger charge is 2.39. The minimum Gasteiger partial charge on any atom is -0.333 e. The fraction of sp³-hybridized carbons (Fsp3) is 0.292. The maximum Gasteiger partial charge on any atom is 0.435 e. The quantitative estimate of drug-likeness (QED) is 0.351. The van der Waals surface area contributed by atoms with Gasteiger partial charge in [0.25, 0.3) is 0 Å². The molecule has 0 aliphatic carbocycles. The number of aromatic nitrogens is 2. The molecule has 0 radical (unpaired) electrons. The minimum absolute atomic E-state index is 0.0389. The van der Waals surface area contributed by atoms with Crippen molar-refractivity contribution in [3.63, 3.8) is 0 Å². The van der Waals surface area contributed by atoms with E-state index in [1.165, 1.54) is 27.1 Å². The van der Waals surface area contributed by atoms with E-state index in [0.717, 1.165) is 22.6 Å². The van der Waals surface area contributed by atoms with Gasteiger partial charge in [-0.2, -0.15) is 23.5 Å². The summed E-state index contributed by atoms with van der Waals surface area (Å²) in [5, 5.41) is 13.2. The van der Waals surface area contributed by atoms with Crippen molar-refractivity contribution in [1.29, 1.82) is 5.26 Å². The molecule has 34 heavy (non-hydrogen) atoms. The Morgan fingerprint density at radius 2 is 2.06 bits per heavy atom. The third kappa shape index (κ3) is 4.48. The number of allylic oxidation sites excluding steroid dienone is 1. The zero-order valence-corrected chi connectivity index (χ0v) is 19.0. The minimum atomic E-state index is -4.64. The molecule has 4 rings (SSSR count). The number of aryl methyl sites for hydroxylation is 1. The van der Waals surface area contributed by atoms with Crippen molar-refractivity contribution in [1.82, 2.24) is 14.7 Å². The molecule has 1 aromatic carbocycles. The summed E-state index contributed by atoms with van der Waals surface area (Å²) in [6.07, 6.45) is -0.993. The average molecular weight is 489 g/mol. The lowest BCUT2D eigenvalue weighted by molar-refractivity contribution is -0.141. The number of fused-ring (bicyclic) bond motifs is 1. The Bertz CT molecular complexity index is 1280. The van der Waals surface area contributed by atoms with E-state index < -0.39 is 30.4 Å². The number of rotatable bonds is 5. The van der Waals surface area contributed by atoms with Crippen LogP contribution in [0.25, 0.3) is 11.1 Å². The highest BCUT2D eigenvalue weighted by atomic mass is 32.1. The fourth-order valence-corrected chi connectivity index (χ4v) is 5.23. The smallest absolute Gasteiger partial charge is 0.333 e. The summed E-state index contributed by atoms with van der Waals surface area (Å²) in [6.45, 7) is 1.63. The van der Waals surface area contributed by atoms with Gasteiger partial charge in [0.2, 0.25) is 5.91 Å². The number of alkyl halides is 4. The van der Waals surface area contributed by atoms with Crippen LogP contribution in [0, 0.1) is 11.3 Å². The summed E-state index contributed by atoms with van der Waals surface area (Å²) in [7, 11) is 0. The number of amides is 1. The molecule has 1 aliphatic heterocycles. The Hall–Kier alpha value is -3.45. The number of hydrogen-bond acceptors (Lipinski definition) is 4. The van der Waals surface area contributed by atoms with Crippen molar-refractivity contribution in [3.8, 4) is 17.2 Å². The molecule has 5 nitrogen and oxygen atoms in total. The van der Waals surface area contributed by atoms with Crippen molar-refractivity contribution in [2.45, 2.75) is 32.1 Å². The highest BCUT2D eigenvalue weighted by Crippen LogP contribution is 2.44. The van der Waals surface area contributed by atoms with Gasteiger partial charge >= 0.3 is 6.18 Å². The number of nitriles is 1. The summed E-state index contributed by atoms with van der Waals surface area (Å²) in [5.41, 5.74) is 0.759. The Labute approximate surface area is 197 Å². The van der Waals surface area contributed by atoms with Gasteiger partial charge in [0, 0.05) is 41.7 Å². The second-order valence-corrected chi connectivity index (χ2v) is 8.90. The molecule has 1 atom stereocenters. The lowest BCUT2D eigenvalue weighted by atomic mass is 9.83. The molecule has 1 aliphatic rings. The summed E-state index contributed by atoms with van der Waals surface area (Å²) in [6, 6.07) is 10.6. The first kappa shape index (κ1) is 23.7. The molecule has 3 aromatic rings. The van der Waals surface area contributed by atoms with E-state index in [9.17, 15) is 27.6 Å². The summed E-state index contributed by atoms with van der Waals surface area (Å²) < 4.78 is 55.3. The second kappa shape index (κ2) is 9.43. The predicted molar refractivity (Wildman–Crippen MR) is 120 cm³/mol. The van der Waals surface area contributed by atoms with Crippen molar-refractivity contribution in [3.05, 3.63) is 75.3 Å². The van der Waals surface area contributed by atoms with Gasteiger partial charge in [-0.05, 0) is 35.8 Å². The van der Waals surface area contributed by atoms with Crippen LogP contribution >= 0.6 is 11.3 Å². The average Bonchev–Trinajstić information content (AvgIpc) is 3.46. The van der Waals surface area contributed by atoms with Gasteiger partial charge in [-0.15, -0.1) is 11.3 Å². The first-order valence-electron chi connectivity index (χ1n) is 10.5. The van der Waals surface area contributed by atoms with Crippen LogP contribution in [0.15, 0.2) is 48.7 Å². The zero-order valence-electron chi connectivity index (χ0n) is 18.1. The molecule has 0 spiro atoms. The lowest BCUT2D eigenvalue weighted by Crippen LogP contribution is -2.37. The van der Waals surface area contributed by atoms with Crippen LogP contribution in [0.4, 0.5) is 17.6 Å². The molecule has 0 bridgehead atoms. The molecule has 176 valence electrons. The molecule has 1 amide bonds. The van der Waals surface area contributed by atoms with E-state index in [2.05, 4.69) is 11.2 Å². The number of benzene rings is 1. The Balaban J connectivity index is 1.87. The summed E-state index contributed by atoms with van der Waals surface area (Å²) >= 11 is 1.25. The van der Waals surface area contributed by atoms with Crippen LogP contribution in [0.5, 0.6) is 0 Å². The van der Waals surface area contributed by atoms with Crippen LogP contribution in [0.3, 0.4) is 0 Å². The standard InChI is InChI=1S/C24H20F4N4OS/c1-2-32-13-20(23(30-32)24(26,27)28)17-7-4-3-6-16(17)19-12-31(22(33)8-5-9-25)14-21-18(19)10-15(11-29)34-21/h3-8,10,13,19H,2,9,12,14H2,1H3/b8-5+/t19-/m0/s1. The molecule has 0 saturated heterocycles. The molecular weight excluding hydrogens is 468 g/mol. The van der Waals surface area contributed by atoms with Gasteiger partial charge in [-0.1, -0.05) is 24.3 Å². The maximum absolute atomic E-state index is 13.8. The number of hydrogen-bond donors (Lipinski definition) is 0. The van der Waals surface area contributed by atoms with Gasteiger partial charge in [-0.3, -0.25) is 9.48 Å². The van der Waals surface area contributed by atoms with E-state index >= 15 is 0 Å². The number of halogens is 4. The Kier molecular flexibility index (Phi) is 6.57. The van der Waals surface area contributed by atoms with E-state index in [0.29, 0.717) is 16.0 Å². The summed E-state index contributed by atoms with van der Waals surface area (Å²) in [5.74, 6) is -0.862. The number of carbonyl (C=O) groups excluding carboxylic acids is 1. The topological polar surface area (TPSA) is 61.9 Å². The van der Waals surface area contributed by atoms with Crippen molar-refractivity contribution >= 4 is 17.2 Å². The third-order valence-electron chi connectivity index (χ3n) is 5.71. The third-order valence-corrected chi connectivity index (χ3v) is 6.75. The SMILES string of the molecule is CCn1cc(-c2ccccc2[C@@H]2CN(C(=O)/C=C/CF)Cc3sc(C#N)cc32)c(C(F)(F)F)n1. The van der Waals surface area contributed by atoms with Crippen LogP contribution in [0.1, 0.15) is 39.4 Å². The van der Waals surface area contributed by atoms with E-state index in [1.54, 1.807) is 37.3 Å². The predicted octanol–water partition coefficient (Wildman–Crippen LogP) is 5.52. The normalized spacial score (nSPS) is 16.0.